The molecule has 1 aromatic carbocycles. The number of halogens is 3. The van der Waals surface area contributed by atoms with Crippen LogP contribution < -0.4 is 5.84 Å². The van der Waals surface area contributed by atoms with Gasteiger partial charge in [-0.2, -0.15) is 23.4 Å². The summed E-state index contributed by atoms with van der Waals surface area (Å²) in [7, 11) is 0. The molecular weight excluding hydrogens is 245 g/mol. The Morgan fingerprint density at radius 2 is 1.89 bits per heavy atom. The van der Waals surface area contributed by atoms with E-state index in [2.05, 4.69) is 10.2 Å². The second kappa shape index (κ2) is 4.52. The normalized spacial score (nSPS) is 12.2. The van der Waals surface area contributed by atoms with Gasteiger partial charge >= 0.3 is 6.18 Å². The van der Waals surface area contributed by atoms with E-state index in [4.69, 9.17) is 5.84 Å². The van der Waals surface area contributed by atoms with E-state index in [0.717, 1.165) is 22.6 Å². The third-order valence-corrected chi connectivity index (χ3v) is 2.29. The minimum atomic E-state index is -4.38. The molecule has 94 valence electrons. The number of hydrazone groups is 1. The van der Waals surface area contributed by atoms with E-state index >= 15 is 0 Å². The van der Waals surface area contributed by atoms with Crippen molar-refractivity contribution in [3.63, 3.8) is 0 Å². The largest absolute Gasteiger partial charge is 0.419 e. The zero-order chi connectivity index (χ0) is 13.2. The Morgan fingerprint density at radius 3 is 2.39 bits per heavy atom. The molecule has 4 nitrogen and oxygen atoms in total. The van der Waals surface area contributed by atoms with Crippen molar-refractivity contribution < 1.29 is 13.2 Å². The van der Waals surface area contributed by atoms with Crippen LogP contribution in [0.1, 0.15) is 11.1 Å². The van der Waals surface area contributed by atoms with Crippen molar-refractivity contribution in [2.75, 3.05) is 0 Å². The Labute approximate surface area is 101 Å². The van der Waals surface area contributed by atoms with Crippen LogP contribution in [-0.2, 0) is 6.18 Å². The quantitative estimate of drug-likeness (QED) is 0.507. The number of nitrogens with zero attached hydrogens (tertiary/aromatic N) is 3. The molecule has 2 rings (SSSR count). The molecule has 0 amide bonds. The van der Waals surface area contributed by atoms with Crippen molar-refractivity contribution in [3.8, 4) is 5.69 Å². The Balaban J connectivity index is 2.29. The van der Waals surface area contributed by atoms with Gasteiger partial charge in [0.1, 0.15) is 0 Å². The summed E-state index contributed by atoms with van der Waals surface area (Å²) in [6.07, 6.45) is -1.22. The second-order valence-corrected chi connectivity index (χ2v) is 3.54. The lowest BCUT2D eigenvalue weighted by Crippen LogP contribution is -2.03. The van der Waals surface area contributed by atoms with E-state index < -0.39 is 11.7 Å². The van der Waals surface area contributed by atoms with Gasteiger partial charge in [-0.05, 0) is 17.7 Å². The summed E-state index contributed by atoms with van der Waals surface area (Å²) in [4.78, 5) is 0. The molecule has 1 aromatic heterocycles. The number of benzene rings is 1. The Morgan fingerprint density at radius 1 is 1.22 bits per heavy atom. The number of alkyl halides is 3. The van der Waals surface area contributed by atoms with E-state index in [0.29, 0.717) is 5.69 Å². The molecule has 2 N–H and O–H groups in total. The van der Waals surface area contributed by atoms with Crippen molar-refractivity contribution in [3.05, 3.63) is 47.8 Å². The van der Waals surface area contributed by atoms with Crippen LogP contribution in [0.15, 0.2) is 41.8 Å². The summed E-state index contributed by atoms with van der Waals surface area (Å²) < 4.78 is 38.3. The minimum absolute atomic E-state index is 0.527. The van der Waals surface area contributed by atoms with Crippen LogP contribution >= 0.6 is 0 Å². The molecule has 0 aliphatic carbocycles. The minimum Gasteiger partial charge on any atom is -0.323 e. The Bertz CT molecular complexity index is 554. The van der Waals surface area contributed by atoms with Gasteiger partial charge in [0.2, 0.25) is 0 Å². The van der Waals surface area contributed by atoms with Crippen molar-refractivity contribution in [1.29, 1.82) is 0 Å². The predicted octanol–water partition coefficient (Wildman–Crippen LogP) is 2.18. The van der Waals surface area contributed by atoms with Crippen molar-refractivity contribution in [2.24, 2.45) is 10.9 Å². The first kappa shape index (κ1) is 12.2. The van der Waals surface area contributed by atoms with Crippen molar-refractivity contribution in [2.45, 2.75) is 6.18 Å². The van der Waals surface area contributed by atoms with Crippen LogP contribution in [0.4, 0.5) is 13.2 Å². The van der Waals surface area contributed by atoms with Crippen LogP contribution in [0.5, 0.6) is 0 Å². The molecule has 7 heteroatoms. The highest BCUT2D eigenvalue weighted by atomic mass is 19.4. The maximum Gasteiger partial charge on any atom is 0.419 e. The Kier molecular flexibility index (Phi) is 3.05. The highest BCUT2D eigenvalue weighted by Gasteiger charge is 2.32. The monoisotopic (exact) mass is 254 g/mol. The fourth-order valence-electron chi connectivity index (χ4n) is 1.41. The van der Waals surface area contributed by atoms with Gasteiger partial charge in [0, 0.05) is 6.20 Å². The molecule has 0 saturated carbocycles. The molecule has 0 bridgehead atoms. The number of hydrogen-bond donors (Lipinski definition) is 1. The molecule has 0 aliphatic rings. The maximum absolute atomic E-state index is 12.4. The Hall–Kier alpha value is -2.31. The molecule has 1 heterocycles. The van der Waals surface area contributed by atoms with Crippen LogP contribution in [0.2, 0.25) is 0 Å². The first-order valence-corrected chi connectivity index (χ1v) is 4.96. The number of hydrogen-bond acceptors (Lipinski definition) is 3. The molecule has 0 aliphatic heterocycles. The smallest absolute Gasteiger partial charge is 0.323 e. The van der Waals surface area contributed by atoms with Crippen molar-refractivity contribution >= 4 is 6.21 Å². The topological polar surface area (TPSA) is 56.2 Å². The molecule has 18 heavy (non-hydrogen) atoms. The predicted molar refractivity (Wildman–Crippen MR) is 60.3 cm³/mol. The first-order valence-electron chi connectivity index (χ1n) is 4.96. The molecule has 2 aromatic rings. The third kappa shape index (κ3) is 2.50. The molecule has 0 atom stereocenters. The number of nitrogens with two attached hydrogens (primary N) is 1. The van der Waals surface area contributed by atoms with E-state index in [-0.39, 0.29) is 0 Å². The van der Waals surface area contributed by atoms with Gasteiger partial charge in [-0.25, -0.2) is 4.68 Å². The summed E-state index contributed by atoms with van der Waals surface area (Å²) in [5, 5.41) is 7.02. The lowest BCUT2D eigenvalue weighted by atomic mass is 10.2. The fraction of sp³-hybridized carbons (Fsp3) is 0.0909. The molecule has 0 spiro atoms. The number of aromatic nitrogens is 2. The average molecular weight is 254 g/mol. The van der Waals surface area contributed by atoms with Gasteiger partial charge < -0.3 is 5.84 Å². The van der Waals surface area contributed by atoms with E-state index in [1.165, 1.54) is 6.21 Å². The summed E-state index contributed by atoms with van der Waals surface area (Å²) >= 11 is 0. The first-order chi connectivity index (χ1) is 8.50. The zero-order valence-corrected chi connectivity index (χ0v) is 9.09. The van der Waals surface area contributed by atoms with Gasteiger partial charge in [0.15, 0.2) is 0 Å². The summed E-state index contributed by atoms with van der Waals surface area (Å²) in [6, 6.07) is 6.62. The molecule has 0 unspecified atom stereocenters. The van der Waals surface area contributed by atoms with Gasteiger partial charge in [0.25, 0.3) is 0 Å². The van der Waals surface area contributed by atoms with Gasteiger partial charge in [-0.3, -0.25) is 0 Å². The average Bonchev–Trinajstić information content (AvgIpc) is 2.79. The zero-order valence-electron chi connectivity index (χ0n) is 9.09. The molecule has 0 radical (unpaired) electrons. The molecular formula is C11H9F3N4. The van der Waals surface area contributed by atoms with Gasteiger partial charge in [-0.15, -0.1) is 0 Å². The lowest BCUT2D eigenvalue weighted by molar-refractivity contribution is -0.137. The fourth-order valence-corrected chi connectivity index (χ4v) is 1.41. The van der Waals surface area contributed by atoms with Gasteiger partial charge in [0.05, 0.1) is 23.7 Å². The van der Waals surface area contributed by atoms with Gasteiger partial charge in [-0.1, -0.05) is 12.1 Å². The van der Waals surface area contributed by atoms with Crippen molar-refractivity contribution in [1.82, 2.24) is 9.78 Å². The number of rotatable bonds is 2. The summed E-state index contributed by atoms with van der Waals surface area (Å²) in [6.45, 7) is 0. The molecule has 0 fully saturated rings. The van der Waals surface area contributed by atoms with Crippen LogP contribution in [-0.4, -0.2) is 16.0 Å². The summed E-state index contributed by atoms with van der Waals surface area (Å²) in [5.74, 6) is 4.99. The lowest BCUT2D eigenvalue weighted by Gasteiger charge is -2.02. The third-order valence-electron chi connectivity index (χ3n) is 2.29. The van der Waals surface area contributed by atoms with E-state index in [1.54, 1.807) is 24.3 Å². The second-order valence-electron chi connectivity index (χ2n) is 3.54. The highest BCUT2D eigenvalue weighted by molar-refractivity contribution is 5.79. The standard InChI is InChI=1S/C11H9F3N4/c12-11(13,14)9-6-17-18(7-9)10-3-1-8(2-4-10)5-16-15/h1-7H,15H2. The van der Waals surface area contributed by atoms with Crippen LogP contribution in [0, 0.1) is 0 Å². The van der Waals surface area contributed by atoms with Crippen LogP contribution in [0.25, 0.3) is 5.69 Å². The maximum atomic E-state index is 12.4. The van der Waals surface area contributed by atoms with Crippen LogP contribution in [0.3, 0.4) is 0 Å². The van der Waals surface area contributed by atoms with E-state index in [9.17, 15) is 13.2 Å². The summed E-state index contributed by atoms with van der Waals surface area (Å²) in [5.41, 5.74) is 0.499. The molecule has 0 saturated heterocycles. The highest BCUT2D eigenvalue weighted by Crippen LogP contribution is 2.29. The SMILES string of the molecule is NN=Cc1ccc(-n2cc(C(F)(F)F)cn2)cc1. The van der Waals surface area contributed by atoms with E-state index in [1.807, 2.05) is 0 Å².